The molecule has 3 aromatic carbocycles. The molecule has 9 heteroatoms. The molecule has 0 aliphatic carbocycles. The van der Waals surface area contributed by atoms with Gasteiger partial charge in [-0.1, -0.05) is 42.5 Å². The van der Waals surface area contributed by atoms with Gasteiger partial charge in [0.15, 0.2) is 11.5 Å². The molecule has 9 nitrogen and oxygen atoms in total. The fraction of sp³-hybridized carbons (Fsp3) is 0.400. The third-order valence-corrected chi connectivity index (χ3v) is 7.59. The Kier molecular flexibility index (Phi) is 11.2. The van der Waals surface area contributed by atoms with Gasteiger partial charge in [0, 0.05) is 17.9 Å². The van der Waals surface area contributed by atoms with Crippen LogP contribution < -0.4 is 18.9 Å². The molecule has 0 saturated carbocycles. The normalized spacial score (nSPS) is 14.2. The van der Waals surface area contributed by atoms with Crippen LogP contribution in [0.2, 0.25) is 0 Å². The minimum Gasteiger partial charge on any atom is -0.490 e. The largest absolute Gasteiger partial charge is 0.490 e. The number of para-hydroxylation sites is 2. The minimum absolute atomic E-state index is 0.0457. The third kappa shape index (κ3) is 8.99. The van der Waals surface area contributed by atoms with Crippen LogP contribution in [0, 0.1) is 5.92 Å². The van der Waals surface area contributed by atoms with Crippen molar-refractivity contribution >= 4 is 17.7 Å². The number of ether oxygens (including phenoxy) is 4. The second-order valence-electron chi connectivity index (χ2n) is 11.2. The number of aryl methyl sites for hydroxylation is 2. The molecular formula is C35H40O9. The Bertz CT molecular complexity index is 1460. The molecule has 3 aromatic rings. The molecule has 4 rings (SSSR count). The Hall–Kier alpha value is -4.53. The predicted molar refractivity (Wildman–Crippen MR) is 165 cm³/mol. The van der Waals surface area contributed by atoms with E-state index in [4.69, 9.17) is 18.9 Å². The summed E-state index contributed by atoms with van der Waals surface area (Å²) in [6, 6.07) is 19.1. The zero-order chi connectivity index (χ0) is 31.6. The van der Waals surface area contributed by atoms with Crippen LogP contribution in [0.25, 0.3) is 11.1 Å². The first kappa shape index (κ1) is 32.4. The molecule has 1 aliphatic heterocycles. The molecule has 1 aliphatic rings. The Morgan fingerprint density at radius 2 is 1.52 bits per heavy atom. The third-order valence-electron chi connectivity index (χ3n) is 7.59. The van der Waals surface area contributed by atoms with Gasteiger partial charge in [-0.3, -0.25) is 14.4 Å². The summed E-state index contributed by atoms with van der Waals surface area (Å²) in [7, 11) is 0. The number of hydrogen-bond acceptors (Lipinski definition) is 7. The highest BCUT2D eigenvalue weighted by Gasteiger charge is 2.23. The molecule has 0 amide bonds. The van der Waals surface area contributed by atoms with Gasteiger partial charge in [0.2, 0.25) is 0 Å². The van der Waals surface area contributed by atoms with Gasteiger partial charge in [0.1, 0.15) is 36.6 Å². The molecule has 3 atom stereocenters. The average molecular weight is 605 g/mol. The number of carbonyl (C=O) groups excluding carboxylic acids is 1. The van der Waals surface area contributed by atoms with Crippen LogP contribution in [0.4, 0.5) is 0 Å². The zero-order valence-corrected chi connectivity index (χ0v) is 25.4. The molecule has 234 valence electrons. The number of fused-ring (bicyclic) bond motifs is 1. The van der Waals surface area contributed by atoms with Gasteiger partial charge in [0.05, 0.1) is 12.5 Å². The lowest BCUT2D eigenvalue weighted by Gasteiger charge is -2.23. The van der Waals surface area contributed by atoms with Crippen LogP contribution in [-0.2, 0) is 27.2 Å². The van der Waals surface area contributed by atoms with Crippen LogP contribution in [0.3, 0.4) is 0 Å². The summed E-state index contributed by atoms with van der Waals surface area (Å²) < 4.78 is 23.9. The molecule has 0 saturated heterocycles. The molecule has 0 fully saturated rings. The van der Waals surface area contributed by atoms with E-state index >= 15 is 0 Å². The maximum Gasteiger partial charge on any atom is 0.307 e. The van der Waals surface area contributed by atoms with E-state index in [1.54, 1.807) is 19.9 Å². The number of hydrogen-bond donors (Lipinski definition) is 2. The first-order valence-electron chi connectivity index (χ1n) is 15.0. The summed E-state index contributed by atoms with van der Waals surface area (Å²) in [5.41, 5.74) is 3.36. The van der Waals surface area contributed by atoms with Crippen molar-refractivity contribution in [3.63, 3.8) is 0 Å². The minimum atomic E-state index is -0.983. The van der Waals surface area contributed by atoms with Crippen molar-refractivity contribution in [2.75, 3.05) is 13.2 Å². The Morgan fingerprint density at radius 1 is 0.818 bits per heavy atom. The number of rotatable bonds is 16. The molecule has 0 spiro atoms. The number of Topliss-reactive ketones (excluding diaryl/α,β-unsaturated/α-hetero) is 1. The average Bonchev–Trinajstić information content (AvgIpc) is 2.98. The summed E-state index contributed by atoms with van der Waals surface area (Å²) in [6.07, 6.45) is 0.632. The summed E-state index contributed by atoms with van der Waals surface area (Å²) >= 11 is 0. The zero-order valence-electron chi connectivity index (χ0n) is 25.4. The number of aliphatic carboxylic acids is 2. The van der Waals surface area contributed by atoms with E-state index in [0.717, 1.165) is 16.7 Å². The summed E-state index contributed by atoms with van der Waals surface area (Å²) in [6.45, 7) is 6.22. The summed E-state index contributed by atoms with van der Waals surface area (Å²) in [5, 5.41) is 18.4. The van der Waals surface area contributed by atoms with Crippen molar-refractivity contribution < 1.29 is 43.5 Å². The molecule has 0 bridgehead atoms. The molecule has 0 radical (unpaired) electrons. The Morgan fingerprint density at radius 3 is 2.23 bits per heavy atom. The molecule has 0 aromatic heterocycles. The number of carboxylic acids is 2. The van der Waals surface area contributed by atoms with E-state index in [1.165, 1.54) is 0 Å². The Balaban J connectivity index is 1.47. The predicted octanol–water partition coefficient (Wildman–Crippen LogP) is 6.38. The van der Waals surface area contributed by atoms with Gasteiger partial charge in [-0.05, 0) is 81.3 Å². The molecule has 44 heavy (non-hydrogen) atoms. The van der Waals surface area contributed by atoms with E-state index in [9.17, 15) is 24.6 Å². The smallest absolute Gasteiger partial charge is 0.307 e. The molecule has 3 unspecified atom stereocenters. The molecule has 1 heterocycles. The second-order valence-corrected chi connectivity index (χ2v) is 11.2. The lowest BCUT2D eigenvalue weighted by Crippen LogP contribution is -2.23. The lowest BCUT2D eigenvalue weighted by molar-refractivity contribution is -0.139. The summed E-state index contributed by atoms with van der Waals surface area (Å²) in [4.78, 5) is 35.3. The van der Waals surface area contributed by atoms with Gasteiger partial charge in [0.25, 0.3) is 0 Å². The van der Waals surface area contributed by atoms with Gasteiger partial charge in [-0.15, -0.1) is 0 Å². The maximum absolute atomic E-state index is 12.8. The number of benzene rings is 3. The maximum atomic E-state index is 12.8. The topological polar surface area (TPSA) is 129 Å². The first-order chi connectivity index (χ1) is 21.1. The summed E-state index contributed by atoms with van der Waals surface area (Å²) in [5.74, 6) is 0.456. The fourth-order valence-corrected chi connectivity index (χ4v) is 5.41. The van der Waals surface area contributed by atoms with E-state index in [2.05, 4.69) is 0 Å². The number of ketones is 1. The van der Waals surface area contributed by atoms with Crippen LogP contribution in [0.15, 0.2) is 60.7 Å². The lowest BCUT2D eigenvalue weighted by atomic mass is 9.90. The highest BCUT2D eigenvalue weighted by Crippen LogP contribution is 2.38. The monoisotopic (exact) mass is 604 g/mol. The van der Waals surface area contributed by atoms with E-state index < -0.39 is 18.0 Å². The van der Waals surface area contributed by atoms with Crippen LogP contribution in [0.5, 0.6) is 23.0 Å². The first-order valence-corrected chi connectivity index (χ1v) is 15.0. The van der Waals surface area contributed by atoms with Gasteiger partial charge in [-0.25, -0.2) is 0 Å². The van der Waals surface area contributed by atoms with Gasteiger partial charge >= 0.3 is 11.9 Å². The molecular weight excluding hydrogens is 564 g/mol. The highest BCUT2D eigenvalue weighted by atomic mass is 16.6. The second kappa shape index (κ2) is 15.3. The number of carbonyl (C=O) groups is 3. The van der Waals surface area contributed by atoms with Crippen molar-refractivity contribution in [3.05, 3.63) is 71.8 Å². The highest BCUT2D eigenvalue weighted by molar-refractivity contribution is 5.78. The van der Waals surface area contributed by atoms with Crippen molar-refractivity contribution in [1.29, 1.82) is 0 Å². The van der Waals surface area contributed by atoms with Crippen LogP contribution in [-0.4, -0.2) is 53.4 Å². The van der Waals surface area contributed by atoms with Crippen molar-refractivity contribution in [1.82, 2.24) is 0 Å². The van der Waals surface area contributed by atoms with Crippen molar-refractivity contribution in [2.45, 2.75) is 71.5 Å². The number of carboxylic acid groups (broad SMARTS) is 2. The fourth-order valence-electron chi connectivity index (χ4n) is 5.41. The van der Waals surface area contributed by atoms with Crippen LogP contribution in [0.1, 0.15) is 57.6 Å². The Labute approximate surface area is 257 Å². The SMILES string of the molecule is CC(=O)C(CCc1cccc(CCC(=O)O)c1OC(C)CC(=O)O)CC(C)Oc1ccccc1-c1ccc2c(c1)OCCO2. The van der Waals surface area contributed by atoms with E-state index in [-0.39, 0.29) is 37.1 Å². The van der Waals surface area contributed by atoms with Crippen LogP contribution >= 0.6 is 0 Å². The quantitative estimate of drug-likeness (QED) is 0.191. The van der Waals surface area contributed by atoms with Gasteiger partial charge < -0.3 is 29.2 Å². The van der Waals surface area contributed by atoms with Crippen molar-refractivity contribution in [3.8, 4) is 34.1 Å². The van der Waals surface area contributed by atoms with Gasteiger partial charge in [-0.2, -0.15) is 0 Å². The van der Waals surface area contributed by atoms with E-state index in [1.807, 2.05) is 61.5 Å². The van der Waals surface area contributed by atoms with E-state index in [0.29, 0.717) is 61.0 Å². The molecule has 2 N–H and O–H groups in total. The van der Waals surface area contributed by atoms with Crippen molar-refractivity contribution in [2.24, 2.45) is 5.92 Å². The standard InChI is InChI=1S/C35H40O9/c1-22(43-30-10-5-4-9-29(30)28-13-15-31-32(21-28)42-18-17-41-31)19-27(24(3)36)12-11-25-7-6-8-26(14-16-33(37)38)35(25)44-23(2)20-34(39)40/h4-10,13,15,21-23,27H,11-12,14,16-20H2,1-3H3,(H,37,38)(H,39,40).